The van der Waals surface area contributed by atoms with Crippen LogP contribution in [0.15, 0.2) is 54.6 Å². The van der Waals surface area contributed by atoms with E-state index in [-0.39, 0.29) is 34.5 Å². The molecule has 0 saturated carbocycles. The zero-order valence-electron chi connectivity index (χ0n) is 17.7. The van der Waals surface area contributed by atoms with E-state index >= 15 is 0 Å². The first-order valence-corrected chi connectivity index (χ1v) is 11.3. The van der Waals surface area contributed by atoms with Crippen molar-refractivity contribution in [3.63, 3.8) is 0 Å². The Hall–Kier alpha value is -2.44. The van der Waals surface area contributed by atoms with E-state index in [1.165, 1.54) is 24.1 Å². The van der Waals surface area contributed by atoms with E-state index < -0.39 is 11.9 Å². The van der Waals surface area contributed by atoms with Crippen LogP contribution in [0.4, 0.5) is 5.69 Å². The van der Waals surface area contributed by atoms with Crippen LogP contribution in [-0.4, -0.2) is 25.6 Å². The van der Waals surface area contributed by atoms with Crippen molar-refractivity contribution in [1.29, 1.82) is 0 Å². The van der Waals surface area contributed by atoms with Crippen LogP contribution in [0.1, 0.15) is 33.2 Å². The number of carbonyl (C=O) groups excluding carboxylic acids is 2. The zero-order valence-corrected chi connectivity index (χ0v) is 20.7. The molecule has 0 aliphatic heterocycles. The highest BCUT2D eigenvalue weighted by Gasteiger charge is 2.23. The minimum absolute atomic E-state index is 0.0668. The molecule has 0 aliphatic carbocycles. The Labute approximate surface area is 211 Å². The number of methoxy groups -OCH3 is 1. The summed E-state index contributed by atoms with van der Waals surface area (Å²) in [5.74, 6) is -0.583. The van der Waals surface area contributed by atoms with Gasteiger partial charge < -0.3 is 14.4 Å². The van der Waals surface area contributed by atoms with Crippen molar-refractivity contribution in [3.05, 3.63) is 91.4 Å². The highest BCUT2D eigenvalue weighted by Crippen LogP contribution is 2.35. The summed E-state index contributed by atoms with van der Waals surface area (Å²) in [5.41, 5.74) is 1.67. The van der Waals surface area contributed by atoms with Gasteiger partial charge in [-0.05, 0) is 55.5 Å². The number of halogens is 4. The smallest absolute Gasteiger partial charge is 0.338 e. The van der Waals surface area contributed by atoms with Crippen molar-refractivity contribution in [2.24, 2.45) is 0 Å². The molecule has 0 heterocycles. The van der Waals surface area contributed by atoms with Crippen molar-refractivity contribution in [3.8, 4) is 5.75 Å². The maximum atomic E-state index is 13.6. The van der Waals surface area contributed by atoms with Crippen molar-refractivity contribution in [2.75, 3.05) is 18.6 Å². The summed E-state index contributed by atoms with van der Waals surface area (Å²) in [6, 6.07) is 14.5. The minimum Gasteiger partial charge on any atom is -0.494 e. The lowest BCUT2D eigenvalue weighted by molar-refractivity contribution is 0.0526. The van der Waals surface area contributed by atoms with Gasteiger partial charge in [0.25, 0.3) is 5.91 Å². The summed E-state index contributed by atoms with van der Waals surface area (Å²) in [6.07, 6.45) is 0. The van der Waals surface area contributed by atoms with Gasteiger partial charge in [0.15, 0.2) is 5.75 Å². The van der Waals surface area contributed by atoms with Crippen LogP contribution in [0.5, 0.6) is 5.75 Å². The molecule has 0 radical (unpaired) electrons. The third-order valence-corrected chi connectivity index (χ3v) is 6.03. The number of anilines is 1. The standard InChI is InChI=1S/C24H19Cl4NO4/c1-3-33-24(31)14-7-9-16(10-8-14)29(13-17-18(25)5-4-6-19(17)26)23(30)15-11-20(27)22(32-2)21(28)12-15/h4-12H,3,13H2,1-2H3. The number of hydrogen-bond donors (Lipinski definition) is 0. The molecule has 0 saturated heterocycles. The normalized spacial score (nSPS) is 10.6. The first-order valence-electron chi connectivity index (χ1n) is 9.81. The van der Waals surface area contributed by atoms with Gasteiger partial charge in [0.1, 0.15) is 0 Å². The van der Waals surface area contributed by atoms with Crippen molar-refractivity contribution in [2.45, 2.75) is 13.5 Å². The molecule has 9 heteroatoms. The molecular weight excluding hydrogens is 508 g/mol. The second-order valence-corrected chi connectivity index (χ2v) is 8.46. The van der Waals surface area contributed by atoms with Crippen LogP contribution < -0.4 is 9.64 Å². The van der Waals surface area contributed by atoms with Crippen LogP contribution in [0.3, 0.4) is 0 Å². The average molecular weight is 527 g/mol. The van der Waals surface area contributed by atoms with Gasteiger partial charge in [0.05, 0.1) is 35.9 Å². The molecule has 0 unspecified atom stereocenters. The Bertz CT molecular complexity index is 1140. The Morgan fingerprint density at radius 2 is 1.42 bits per heavy atom. The predicted octanol–water partition coefficient (Wildman–Crippen LogP) is 7.33. The Morgan fingerprint density at radius 3 is 1.94 bits per heavy atom. The van der Waals surface area contributed by atoms with E-state index in [4.69, 9.17) is 55.9 Å². The molecule has 0 spiro atoms. The average Bonchev–Trinajstić information content (AvgIpc) is 2.78. The second-order valence-electron chi connectivity index (χ2n) is 6.83. The quantitative estimate of drug-likeness (QED) is 0.302. The fraction of sp³-hybridized carbons (Fsp3) is 0.167. The van der Waals surface area contributed by atoms with E-state index in [2.05, 4.69) is 0 Å². The molecule has 0 atom stereocenters. The van der Waals surface area contributed by atoms with E-state index in [0.717, 1.165) is 0 Å². The summed E-state index contributed by atoms with van der Waals surface area (Å²) >= 11 is 25.2. The van der Waals surface area contributed by atoms with Gasteiger partial charge in [-0.15, -0.1) is 0 Å². The summed E-state index contributed by atoms with van der Waals surface area (Å²) in [5, 5.41) is 1.21. The molecule has 3 aromatic carbocycles. The minimum atomic E-state index is -0.454. The number of hydrogen-bond acceptors (Lipinski definition) is 4. The van der Waals surface area contributed by atoms with Gasteiger partial charge in [-0.2, -0.15) is 0 Å². The maximum Gasteiger partial charge on any atom is 0.338 e. The number of amides is 1. The van der Waals surface area contributed by atoms with E-state index in [1.54, 1.807) is 49.4 Å². The van der Waals surface area contributed by atoms with Crippen LogP contribution in [-0.2, 0) is 11.3 Å². The molecule has 3 aromatic rings. The molecule has 0 aromatic heterocycles. The third kappa shape index (κ3) is 5.74. The molecule has 0 aliphatic rings. The van der Waals surface area contributed by atoms with Crippen LogP contribution >= 0.6 is 46.4 Å². The van der Waals surface area contributed by atoms with Crippen LogP contribution in [0.2, 0.25) is 20.1 Å². The van der Waals surface area contributed by atoms with Crippen molar-refractivity contribution >= 4 is 64.0 Å². The lowest BCUT2D eigenvalue weighted by Gasteiger charge is -2.25. The Balaban J connectivity index is 2.06. The number of ether oxygens (including phenoxy) is 2. The SMILES string of the molecule is CCOC(=O)c1ccc(N(Cc2c(Cl)cccc2Cl)C(=O)c2cc(Cl)c(OC)c(Cl)c2)cc1. The van der Waals surface area contributed by atoms with Crippen LogP contribution in [0.25, 0.3) is 0 Å². The molecular formula is C24H19Cl4NO4. The van der Waals surface area contributed by atoms with E-state index in [9.17, 15) is 9.59 Å². The largest absolute Gasteiger partial charge is 0.494 e. The number of carbonyl (C=O) groups is 2. The molecule has 0 N–H and O–H groups in total. The maximum absolute atomic E-state index is 13.6. The first-order chi connectivity index (χ1) is 15.8. The van der Waals surface area contributed by atoms with Gasteiger partial charge in [-0.3, -0.25) is 4.79 Å². The summed E-state index contributed by atoms with van der Waals surface area (Å²) in [4.78, 5) is 27.1. The van der Waals surface area contributed by atoms with Gasteiger partial charge in [-0.1, -0.05) is 52.5 Å². The third-order valence-electron chi connectivity index (χ3n) is 4.76. The molecule has 33 heavy (non-hydrogen) atoms. The number of rotatable bonds is 7. The Morgan fingerprint density at radius 1 is 0.848 bits per heavy atom. The predicted molar refractivity (Wildman–Crippen MR) is 132 cm³/mol. The molecule has 5 nitrogen and oxygen atoms in total. The highest BCUT2D eigenvalue weighted by atomic mass is 35.5. The first kappa shape index (κ1) is 25.2. The van der Waals surface area contributed by atoms with Gasteiger partial charge in [0.2, 0.25) is 0 Å². The van der Waals surface area contributed by atoms with Gasteiger partial charge in [0, 0.05) is 26.9 Å². The molecule has 0 bridgehead atoms. The molecule has 0 fully saturated rings. The zero-order chi connectivity index (χ0) is 24.1. The van der Waals surface area contributed by atoms with E-state index in [1.807, 2.05) is 0 Å². The summed E-state index contributed by atoms with van der Waals surface area (Å²) in [6.45, 7) is 2.05. The fourth-order valence-corrected chi connectivity index (χ4v) is 4.31. The van der Waals surface area contributed by atoms with Gasteiger partial charge >= 0.3 is 5.97 Å². The molecule has 1 amide bonds. The lowest BCUT2D eigenvalue weighted by Crippen LogP contribution is -2.30. The van der Waals surface area contributed by atoms with E-state index in [0.29, 0.717) is 26.9 Å². The summed E-state index contributed by atoms with van der Waals surface area (Å²) in [7, 11) is 1.44. The van der Waals surface area contributed by atoms with Crippen molar-refractivity contribution in [1.82, 2.24) is 0 Å². The summed E-state index contributed by atoms with van der Waals surface area (Å²) < 4.78 is 10.2. The fourth-order valence-electron chi connectivity index (χ4n) is 3.15. The topological polar surface area (TPSA) is 55.8 Å². The Kier molecular flexibility index (Phi) is 8.49. The number of esters is 1. The van der Waals surface area contributed by atoms with Crippen LogP contribution in [0, 0.1) is 0 Å². The van der Waals surface area contributed by atoms with Gasteiger partial charge in [-0.25, -0.2) is 4.79 Å². The van der Waals surface area contributed by atoms with Crippen molar-refractivity contribution < 1.29 is 19.1 Å². The number of nitrogens with zero attached hydrogens (tertiary/aromatic N) is 1. The molecule has 3 rings (SSSR count). The lowest BCUT2D eigenvalue weighted by atomic mass is 10.1. The second kappa shape index (κ2) is 11.1. The molecule has 172 valence electrons. The highest BCUT2D eigenvalue weighted by molar-refractivity contribution is 6.38. The monoisotopic (exact) mass is 525 g/mol. The number of benzene rings is 3.